The summed E-state index contributed by atoms with van der Waals surface area (Å²) >= 11 is 0. The van der Waals surface area contributed by atoms with Crippen LogP contribution in [0.15, 0.2) is 42.5 Å². The first-order valence-electron chi connectivity index (χ1n) is 24.4. The molecule has 1 aromatic rings. The van der Waals surface area contributed by atoms with Crippen molar-refractivity contribution < 1.29 is 9.47 Å². The Kier molecular flexibility index (Phi) is 49.9. The van der Waals surface area contributed by atoms with E-state index in [2.05, 4.69) is 61.7 Å². The van der Waals surface area contributed by atoms with Crippen molar-refractivity contribution in [1.82, 2.24) is 5.32 Å². The van der Waals surface area contributed by atoms with E-state index in [-0.39, 0.29) is 24.8 Å². The van der Waals surface area contributed by atoms with Crippen molar-refractivity contribution in [2.24, 2.45) is 5.73 Å². The summed E-state index contributed by atoms with van der Waals surface area (Å²) in [6, 6.07) is 6.58. The second kappa shape index (κ2) is 49.2. The zero-order chi connectivity index (χ0) is 39.4. The van der Waals surface area contributed by atoms with E-state index in [4.69, 9.17) is 15.2 Å². The summed E-state index contributed by atoms with van der Waals surface area (Å²) < 4.78 is 12.7. The molecule has 1 aromatic carbocycles. The predicted molar refractivity (Wildman–Crippen MR) is 259 cm³/mol. The van der Waals surface area contributed by atoms with Crippen LogP contribution in [0, 0.1) is 0 Å². The maximum Gasteiger partial charge on any atom is 0.161 e. The Morgan fingerprint density at radius 1 is 0.439 bits per heavy atom. The summed E-state index contributed by atoms with van der Waals surface area (Å²) in [6.45, 7) is 8.90. The fraction of sp³-hybridized carbons (Fsp3) is 0.804. The van der Waals surface area contributed by atoms with Crippen molar-refractivity contribution in [3.63, 3.8) is 0 Å². The third kappa shape index (κ3) is 41.3. The Balaban J connectivity index is 0. The van der Waals surface area contributed by atoms with Crippen LogP contribution in [0.4, 0.5) is 0 Å². The van der Waals surface area contributed by atoms with Crippen LogP contribution in [-0.4, -0.2) is 26.3 Å². The molecule has 0 radical (unpaired) electrons. The quantitative estimate of drug-likeness (QED) is 0.0508. The monoisotopic (exact) mass is 839 g/mol. The lowest BCUT2D eigenvalue weighted by molar-refractivity contribution is 0.258. The average Bonchev–Trinajstić information content (AvgIpc) is 3.20. The Morgan fingerprint density at radius 3 is 1.25 bits per heavy atom. The van der Waals surface area contributed by atoms with Gasteiger partial charge in [0, 0.05) is 6.54 Å². The molecule has 0 heterocycles. The number of hydrogen-bond donors (Lipinski definition) is 2. The summed E-state index contributed by atoms with van der Waals surface area (Å²) in [4.78, 5) is 0. The summed E-state index contributed by atoms with van der Waals surface area (Å²) in [5, 5.41) is 3.66. The highest BCUT2D eigenvalue weighted by atomic mass is 35.5. The summed E-state index contributed by atoms with van der Waals surface area (Å²) in [5.74, 6) is 1.84. The molecule has 57 heavy (non-hydrogen) atoms. The maximum atomic E-state index is 6.40. The van der Waals surface area contributed by atoms with E-state index in [1.165, 1.54) is 205 Å². The predicted octanol–water partition coefficient (Wildman–Crippen LogP) is 16.8. The van der Waals surface area contributed by atoms with Gasteiger partial charge in [0.1, 0.15) is 0 Å². The number of ether oxygens (including phenoxy) is 2. The lowest BCUT2D eigenvalue weighted by Gasteiger charge is -2.15. The van der Waals surface area contributed by atoms with Crippen molar-refractivity contribution in [1.29, 1.82) is 0 Å². The molecule has 0 unspecified atom stereocenters. The highest BCUT2D eigenvalue weighted by Gasteiger charge is 2.08. The Bertz CT molecular complexity index is 973. The molecule has 0 atom stereocenters. The van der Waals surface area contributed by atoms with Gasteiger partial charge < -0.3 is 20.5 Å². The molecule has 336 valence electrons. The molecule has 0 aliphatic rings. The molecule has 3 N–H and O–H groups in total. The van der Waals surface area contributed by atoms with Gasteiger partial charge in [-0.05, 0) is 108 Å². The van der Waals surface area contributed by atoms with Gasteiger partial charge in [-0.2, -0.15) is 0 Å². The molecular weight excluding hydrogens is 743 g/mol. The van der Waals surface area contributed by atoms with Crippen LogP contribution in [-0.2, 0) is 6.54 Å². The zero-order valence-corrected chi connectivity index (χ0v) is 39.5. The molecule has 1 rings (SSSR count). The standard InChI is InChI=1S/C51H94N2O2.2ClH/c1-3-5-7-9-11-13-15-17-19-21-23-25-27-31-35-39-45-54-50-42-41-49(48-53-44-38-34-30-29-33-37-43-52)47-51(50)55-46-40-36-32-28-26-24-22-20-18-16-14-12-10-8-6-4-2;;/h17-20,41-42,47,53H,3-16,21-40,43-46,48,52H2,1-2H3;2*1H/b19-17-,20-18-;;. The van der Waals surface area contributed by atoms with E-state index in [9.17, 15) is 0 Å². The lowest BCUT2D eigenvalue weighted by Crippen LogP contribution is -2.15. The van der Waals surface area contributed by atoms with Gasteiger partial charge in [0.25, 0.3) is 0 Å². The number of nitrogens with two attached hydrogens (primary N) is 1. The van der Waals surface area contributed by atoms with Crippen LogP contribution < -0.4 is 20.5 Å². The van der Waals surface area contributed by atoms with Crippen molar-refractivity contribution in [2.45, 2.75) is 239 Å². The van der Waals surface area contributed by atoms with E-state index in [0.717, 1.165) is 63.6 Å². The van der Waals surface area contributed by atoms with Crippen molar-refractivity contribution in [3.8, 4) is 11.5 Å². The second-order valence-corrected chi connectivity index (χ2v) is 16.4. The molecule has 0 aliphatic heterocycles. The van der Waals surface area contributed by atoms with Crippen molar-refractivity contribution in [2.75, 3.05) is 26.3 Å². The maximum absolute atomic E-state index is 6.40. The molecule has 0 aliphatic carbocycles. The van der Waals surface area contributed by atoms with E-state index in [1.54, 1.807) is 0 Å². The molecule has 0 aromatic heterocycles. The number of unbranched alkanes of at least 4 members (excludes halogenated alkanes) is 29. The molecule has 4 nitrogen and oxygen atoms in total. The van der Waals surface area contributed by atoms with Crippen LogP contribution in [0.25, 0.3) is 0 Å². The van der Waals surface area contributed by atoms with Crippen LogP contribution in [0.3, 0.4) is 0 Å². The molecular formula is C51H96Cl2N2O2. The minimum atomic E-state index is 0. The van der Waals surface area contributed by atoms with Gasteiger partial charge >= 0.3 is 0 Å². The van der Waals surface area contributed by atoms with E-state index in [1.807, 2.05) is 0 Å². The lowest BCUT2D eigenvalue weighted by atomic mass is 10.1. The fourth-order valence-corrected chi connectivity index (χ4v) is 7.29. The van der Waals surface area contributed by atoms with Gasteiger partial charge in [-0.3, -0.25) is 0 Å². The van der Waals surface area contributed by atoms with Gasteiger partial charge in [-0.25, -0.2) is 0 Å². The molecule has 0 amide bonds. The SMILES string of the molecule is CCCCCCCC/C=C\CCCCCCCCOc1ccc(CNCCCCCCCCN)cc1OCCCCCCCC/C=C\CCCCCCCC.Cl.Cl. The Morgan fingerprint density at radius 2 is 0.807 bits per heavy atom. The van der Waals surface area contributed by atoms with Crippen LogP contribution in [0.2, 0.25) is 0 Å². The highest BCUT2D eigenvalue weighted by Crippen LogP contribution is 2.29. The molecule has 6 heteroatoms. The smallest absolute Gasteiger partial charge is 0.161 e. The van der Waals surface area contributed by atoms with E-state index in [0.29, 0.717) is 0 Å². The Hall–Kier alpha value is -1.20. The summed E-state index contributed by atoms with van der Waals surface area (Å²) in [5.41, 5.74) is 6.90. The third-order valence-electron chi connectivity index (χ3n) is 11.0. The fourth-order valence-electron chi connectivity index (χ4n) is 7.29. The largest absolute Gasteiger partial charge is 0.490 e. The van der Waals surface area contributed by atoms with E-state index >= 15 is 0 Å². The minimum Gasteiger partial charge on any atom is -0.490 e. The first-order chi connectivity index (χ1) is 27.3. The van der Waals surface area contributed by atoms with Crippen LogP contribution in [0.5, 0.6) is 11.5 Å². The number of rotatable bonds is 44. The topological polar surface area (TPSA) is 56.5 Å². The Labute approximate surface area is 368 Å². The zero-order valence-electron chi connectivity index (χ0n) is 37.8. The van der Waals surface area contributed by atoms with Crippen molar-refractivity contribution >= 4 is 24.8 Å². The number of hydrogen-bond acceptors (Lipinski definition) is 4. The second-order valence-electron chi connectivity index (χ2n) is 16.4. The molecule has 0 saturated carbocycles. The van der Waals surface area contributed by atoms with Crippen LogP contribution in [0.1, 0.15) is 238 Å². The number of halogens is 2. The number of nitrogens with one attached hydrogen (secondary N) is 1. The molecule has 0 saturated heterocycles. The number of allylic oxidation sites excluding steroid dienone is 4. The van der Waals surface area contributed by atoms with E-state index < -0.39 is 0 Å². The van der Waals surface area contributed by atoms with Gasteiger partial charge in [-0.1, -0.05) is 185 Å². The minimum absolute atomic E-state index is 0. The van der Waals surface area contributed by atoms with Gasteiger partial charge in [0.2, 0.25) is 0 Å². The highest BCUT2D eigenvalue weighted by molar-refractivity contribution is 5.85. The number of benzene rings is 1. The van der Waals surface area contributed by atoms with Crippen molar-refractivity contribution in [3.05, 3.63) is 48.1 Å². The third-order valence-corrected chi connectivity index (χ3v) is 11.0. The van der Waals surface area contributed by atoms with Crippen LogP contribution >= 0.6 is 24.8 Å². The van der Waals surface area contributed by atoms with Gasteiger partial charge in [0.05, 0.1) is 13.2 Å². The summed E-state index contributed by atoms with van der Waals surface area (Å²) in [7, 11) is 0. The van der Waals surface area contributed by atoms with Gasteiger partial charge in [0.15, 0.2) is 11.5 Å². The average molecular weight is 840 g/mol. The normalized spacial score (nSPS) is 11.4. The first kappa shape index (κ1) is 57.9. The summed E-state index contributed by atoms with van der Waals surface area (Å²) in [6.07, 6.45) is 54.4. The molecule has 0 bridgehead atoms. The molecule has 0 fully saturated rings. The van der Waals surface area contributed by atoms with Gasteiger partial charge in [-0.15, -0.1) is 24.8 Å². The molecule has 0 spiro atoms. The first-order valence-corrected chi connectivity index (χ1v) is 24.4.